The van der Waals surface area contributed by atoms with Crippen LogP contribution >= 0.6 is 0 Å². The van der Waals surface area contributed by atoms with E-state index in [1.807, 2.05) is 0 Å². The zero-order valence-electron chi connectivity index (χ0n) is 39.7. The predicted octanol–water partition coefficient (Wildman–Crippen LogP) is 4.93. The van der Waals surface area contributed by atoms with Gasteiger partial charge in [0, 0.05) is 0 Å². The maximum atomic E-state index is 12.3. The largest absolute Gasteiger partial charge is 0.394 e. The monoisotopic (exact) mass is 959 g/mol. The summed E-state index contributed by atoms with van der Waals surface area (Å²) in [5, 5.41) is 83.8. The molecule has 0 aromatic heterocycles. The number of ether oxygens (including phenoxy) is 6. The molecule has 18 heteroatoms. The molecule has 0 aromatic carbocycles. The van der Waals surface area contributed by atoms with E-state index >= 15 is 0 Å². The minimum Gasteiger partial charge on any atom is -0.394 e. The molecule has 3 aliphatic rings. The lowest BCUT2D eigenvalue weighted by Gasteiger charge is -2.49. The zero-order chi connectivity index (χ0) is 47.8. The number of aliphatic hydroxyl groups excluding tert-OH is 8. The van der Waals surface area contributed by atoms with Crippen molar-refractivity contribution in [3.63, 3.8) is 0 Å². The molecule has 3 heterocycles. The fraction of sp³-hybridized carbons (Fsp3) is 1.00. The summed E-state index contributed by atoms with van der Waals surface area (Å²) in [6, 6.07) is 0. The summed E-state index contributed by atoms with van der Waals surface area (Å²) in [5.74, 6) is 0. The quantitative estimate of drug-likeness (QED) is 0.0301. The molecule has 3 fully saturated rings. The van der Waals surface area contributed by atoms with E-state index in [1.165, 1.54) is 110 Å². The molecule has 0 aliphatic carbocycles. The van der Waals surface area contributed by atoms with Gasteiger partial charge in [-0.2, -0.15) is 8.42 Å². The van der Waals surface area contributed by atoms with Crippen LogP contribution in [0.5, 0.6) is 0 Å². The third-order valence-electron chi connectivity index (χ3n) is 13.4. The van der Waals surface area contributed by atoms with Crippen LogP contribution in [0.15, 0.2) is 0 Å². The van der Waals surface area contributed by atoms with E-state index in [0.717, 1.165) is 51.4 Å². The Kier molecular flexibility index (Phi) is 29.1. The van der Waals surface area contributed by atoms with Crippen molar-refractivity contribution in [1.29, 1.82) is 0 Å². The van der Waals surface area contributed by atoms with E-state index in [4.69, 9.17) is 28.4 Å². The van der Waals surface area contributed by atoms with Gasteiger partial charge in [-0.3, -0.25) is 4.55 Å². The van der Waals surface area contributed by atoms with Crippen LogP contribution in [0.4, 0.5) is 0 Å². The molecule has 386 valence electrons. The molecule has 65 heavy (non-hydrogen) atoms. The van der Waals surface area contributed by atoms with Crippen molar-refractivity contribution in [2.45, 2.75) is 285 Å². The van der Waals surface area contributed by atoms with Crippen molar-refractivity contribution in [2.24, 2.45) is 0 Å². The standard InChI is InChI=1S/C47H90O17S/c1-4-6-8-10-12-14-16-18-20-22-24-26-28-33(29-27-25-23-21-19-17-15-13-11-9-7-5-2)60-46-40(54)43(64-45-39(53)38(52)36(50)32(3)59-45)42(35(31-49)62-46)63-47-41(55)44(65(56,57)58)37(51)34(30-48)61-47/h32-55H,4-31H2,1-3H3,(H,56,57,58)/t32-,34-,35+,36+,37-,38+,39-,40+,41+,42+,43+,44-,45-,46+,47-/m0/s1. The molecule has 3 rings (SSSR count). The van der Waals surface area contributed by atoms with E-state index in [9.17, 15) is 53.8 Å². The fourth-order valence-corrected chi connectivity index (χ4v) is 10.3. The van der Waals surface area contributed by atoms with Crippen molar-refractivity contribution in [2.75, 3.05) is 13.2 Å². The lowest BCUT2D eigenvalue weighted by Crippen LogP contribution is -2.67. The van der Waals surface area contributed by atoms with Crippen LogP contribution < -0.4 is 0 Å². The average molecular weight is 959 g/mol. The van der Waals surface area contributed by atoms with Crippen molar-refractivity contribution < 1.29 is 82.2 Å². The molecule has 15 atom stereocenters. The summed E-state index contributed by atoms with van der Waals surface area (Å²) in [6.07, 6.45) is 5.98. The van der Waals surface area contributed by atoms with Gasteiger partial charge in [0.05, 0.1) is 25.4 Å². The molecule has 17 nitrogen and oxygen atoms in total. The minimum absolute atomic E-state index is 0.363. The lowest BCUT2D eigenvalue weighted by molar-refractivity contribution is -0.384. The molecule has 0 bridgehead atoms. The predicted molar refractivity (Wildman–Crippen MR) is 243 cm³/mol. The smallest absolute Gasteiger partial charge is 0.273 e. The number of aliphatic hydroxyl groups is 8. The van der Waals surface area contributed by atoms with E-state index in [1.54, 1.807) is 0 Å². The van der Waals surface area contributed by atoms with E-state index in [-0.39, 0.29) is 6.10 Å². The van der Waals surface area contributed by atoms with Gasteiger partial charge in [-0.25, -0.2) is 0 Å². The average Bonchev–Trinajstić information content (AvgIpc) is 3.27. The second-order valence-corrected chi connectivity index (χ2v) is 20.5. The van der Waals surface area contributed by atoms with Gasteiger partial charge in [0.1, 0.15) is 66.3 Å². The Labute approximate surface area is 389 Å². The van der Waals surface area contributed by atoms with Gasteiger partial charge < -0.3 is 69.3 Å². The summed E-state index contributed by atoms with van der Waals surface area (Å²) < 4.78 is 70.5. The first-order valence-corrected chi connectivity index (χ1v) is 26.9. The van der Waals surface area contributed by atoms with Crippen molar-refractivity contribution in [3.05, 3.63) is 0 Å². The maximum absolute atomic E-state index is 12.3. The number of unbranched alkanes of at least 4 members (excludes halogenated alkanes) is 22. The second-order valence-electron chi connectivity index (χ2n) is 18.9. The van der Waals surface area contributed by atoms with Crippen molar-refractivity contribution in [1.82, 2.24) is 0 Å². The van der Waals surface area contributed by atoms with Crippen molar-refractivity contribution >= 4 is 10.1 Å². The van der Waals surface area contributed by atoms with Crippen LogP contribution in [0.1, 0.15) is 188 Å². The molecule has 0 spiro atoms. The van der Waals surface area contributed by atoms with Crippen molar-refractivity contribution in [3.8, 4) is 0 Å². The highest BCUT2D eigenvalue weighted by Crippen LogP contribution is 2.36. The summed E-state index contributed by atoms with van der Waals surface area (Å²) >= 11 is 0. The Bertz CT molecular complexity index is 1290. The van der Waals surface area contributed by atoms with Gasteiger partial charge in [0.15, 0.2) is 18.9 Å². The molecule has 9 N–H and O–H groups in total. The van der Waals surface area contributed by atoms with Gasteiger partial charge in [0.2, 0.25) is 0 Å². The van der Waals surface area contributed by atoms with Crippen LogP contribution in [-0.4, -0.2) is 164 Å². The number of rotatable bonds is 35. The molecule has 0 unspecified atom stereocenters. The SMILES string of the molecule is CCCCCCCCCCCCCCC(CCCCCCCCCCCCCC)O[C@@H]1O[C@H](CO)[C@@H](O[C@@H]2O[C@@H](CO)[C@H](O)[C@H](S(=O)(=O)O)[C@H]2O)[C@H](O[C@@H]2O[C@@H](C)[C@@H](O)[C@@H](O)[C@@H]2O)[C@H]1O. The number of hydrogen-bond donors (Lipinski definition) is 9. The third-order valence-corrected chi connectivity index (χ3v) is 14.7. The highest BCUT2D eigenvalue weighted by Gasteiger charge is 2.56. The molecule has 0 amide bonds. The Morgan fingerprint density at radius 3 is 1.29 bits per heavy atom. The first-order chi connectivity index (χ1) is 31.2. The Balaban J connectivity index is 1.74. The van der Waals surface area contributed by atoms with Crippen LogP contribution in [0.25, 0.3) is 0 Å². The molecule has 3 aliphatic heterocycles. The van der Waals surface area contributed by atoms with Crippen LogP contribution in [0.2, 0.25) is 0 Å². The molecule has 3 saturated heterocycles. The lowest BCUT2D eigenvalue weighted by atomic mass is 9.96. The summed E-state index contributed by atoms with van der Waals surface area (Å²) in [4.78, 5) is 0. The van der Waals surface area contributed by atoms with Gasteiger partial charge in [-0.1, -0.05) is 168 Å². The molecule has 0 aromatic rings. The Morgan fingerprint density at radius 1 is 0.462 bits per heavy atom. The summed E-state index contributed by atoms with van der Waals surface area (Å²) in [7, 11) is -5.15. The second kappa shape index (κ2) is 32.3. The Morgan fingerprint density at radius 2 is 0.862 bits per heavy atom. The Hall–Kier alpha value is -0.650. The highest BCUT2D eigenvalue weighted by atomic mass is 32.2. The first-order valence-electron chi connectivity index (χ1n) is 25.4. The van der Waals surface area contributed by atoms with Crippen LogP contribution in [0.3, 0.4) is 0 Å². The molecule has 0 saturated carbocycles. The highest BCUT2D eigenvalue weighted by molar-refractivity contribution is 7.86. The van der Waals surface area contributed by atoms with Gasteiger partial charge in [-0.05, 0) is 19.8 Å². The molecule has 0 radical (unpaired) electrons. The number of hydrogen-bond acceptors (Lipinski definition) is 16. The van der Waals surface area contributed by atoms with E-state index < -0.39 is 115 Å². The van der Waals surface area contributed by atoms with E-state index in [0.29, 0.717) is 12.8 Å². The summed E-state index contributed by atoms with van der Waals surface area (Å²) in [5.41, 5.74) is 0. The van der Waals surface area contributed by atoms with Gasteiger partial charge in [-0.15, -0.1) is 0 Å². The topological polar surface area (TPSA) is 272 Å². The molecular weight excluding hydrogens is 869 g/mol. The normalized spacial score (nSPS) is 33.5. The molecular formula is C47H90O17S. The van der Waals surface area contributed by atoms with Crippen LogP contribution in [-0.2, 0) is 38.5 Å². The zero-order valence-corrected chi connectivity index (χ0v) is 40.6. The van der Waals surface area contributed by atoms with E-state index in [2.05, 4.69) is 13.8 Å². The fourth-order valence-electron chi connectivity index (χ4n) is 9.32. The first kappa shape index (κ1) is 58.7. The van der Waals surface area contributed by atoms with Gasteiger partial charge >= 0.3 is 0 Å². The van der Waals surface area contributed by atoms with Gasteiger partial charge in [0.25, 0.3) is 10.1 Å². The maximum Gasteiger partial charge on any atom is 0.273 e. The third kappa shape index (κ3) is 19.9. The minimum atomic E-state index is -5.15. The summed E-state index contributed by atoms with van der Waals surface area (Å²) in [6.45, 7) is 4.16. The van der Waals surface area contributed by atoms with Crippen LogP contribution in [0, 0.1) is 0 Å².